The van der Waals surface area contributed by atoms with Gasteiger partial charge >= 0.3 is 12.1 Å². The molecule has 0 aliphatic rings. The molecule has 1 N–H and O–H groups in total. The quantitative estimate of drug-likeness (QED) is 0.504. The van der Waals surface area contributed by atoms with Gasteiger partial charge in [0.25, 0.3) is 0 Å². The number of carbonyl (C=O) groups excluding carboxylic acids is 2. The summed E-state index contributed by atoms with van der Waals surface area (Å²) in [6, 6.07) is 10.8. The summed E-state index contributed by atoms with van der Waals surface area (Å²) < 4.78 is 15.3. The first-order valence-electron chi connectivity index (χ1n) is 6.96. The molecule has 0 aliphatic carbocycles. The molecule has 23 heavy (non-hydrogen) atoms. The largest absolute Gasteiger partial charge is 0.496 e. The lowest BCUT2D eigenvalue weighted by atomic mass is 10.1. The van der Waals surface area contributed by atoms with E-state index in [9.17, 15) is 9.59 Å². The predicted octanol–water partition coefficient (Wildman–Crippen LogP) is 2.67. The summed E-state index contributed by atoms with van der Waals surface area (Å²) in [5.41, 5.74) is 0. The van der Waals surface area contributed by atoms with Crippen molar-refractivity contribution in [2.24, 2.45) is 0 Å². The van der Waals surface area contributed by atoms with E-state index in [1.807, 2.05) is 24.3 Å². The van der Waals surface area contributed by atoms with Crippen LogP contribution in [0.15, 0.2) is 49.1 Å². The molecule has 0 spiro atoms. The van der Waals surface area contributed by atoms with Gasteiger partial charge in [0.05, 0.1) is 13.7 Å². The molecule has 2 rings (SSSR count). The number of rotatable bonds is 6. The lowest BCUT2D eigenvalue weighted by Gasteiger charge is -2.11. The zero-order valence-corrected chi connectivity index (χ0v) is 12.7. The van der Waals surface area contributed by atoms with Crippen molar-refractivity contribution in [3.05, 3.63) is 49.1 Å². The zero-order valence-electron chi connectivity index (χ0n) is 12.7. The Bertz CT molecular complexity index is 726. The van der Waals surface area contributed by atoms with Crippen molar-refractivity contribution >= 4 is 22.8 Å². The molecule has 1 amide bonds. The Balaban J connectivity index is 2.00. The standard InChI is InChI=1S/C17H17NO5/c1-3-16(19)22-11-10-18-17(20)23-15-9-8-14(21-2)12-6-4-5-7-13(12)15/h3-9H,1,10-11H2,2H3,(H,18,20). The van der Waals surface area contributed by atoms with Crippen molar-refractivity contribution in [2.45, 2.75) is 0 Å². The van der Waals surface area contributed by atoms with Gasteiger partial charge in [-0.2, -0.15) is 0 Å². The van der Waals surface area contributed by atoms with Crippen LogP contribution in [-0.4, -0.2) is 32.3 Å². The van der Waals surface area contributed by atoms with E-state index in [1.54, 1.807) is 19.2 Å². The van der Waals surface area contributed by atoms with Crippen LogP contribution >= 0.6 is 0 Å². The van der Waals surface area contributed by atoms with Crippen LogP contribution in [0.5, 0.6) is 11.5 Å². The first-order valence-corrected chi connectivity index (χ1v) is 6.96. The van der Waals surface area contributed by atoms with Gasteiger partial charge in [-0.15, -0.1) is 0 Å². The van der Waals surface area contributed by atoms with Crippen LogP contribution in [0.1, 0.15) is 0 Å². The average molecular weight is 315 g/mol. The van der Waals surface area contributed by atoms with Crippen LogP contribution in [0.4, 0.5) is 4.79 Å². The van der Waals surface area contributed by atoms with E-state index in [0.717, 1.165) is 16.8 Å². The van der Waals surface area contributed by atoms with E-state index in [-0.39, 0.29) is 13.2 Å². The van der Waals surface area contributed by atoms with Crippen LogP contribution in [-0.2, 0) is 9.53 Å². The van der Waals surface area contributed by atoms with Crippen molar-refractivity contribution in [1.29, 1.82) is 0 Å². The summed E-state index contributed by atoms with van der Waals surface area (Å²) in [7, 11) is 1.58. The van der Waals surface area contributed by atoms with E-state index in [2.05, 4.69) is 11.9 Å². The van der Waals surface area contributed by atoms with Crippen LogP contribution in [0, 0.1) is 0 Å². The van der Waals surface area contributed by atoms with E-state index in [0.29, 0.717) is 11.5 Å². The van der Waals surface area contributed by atoms with Gasteiger partial charge in [-0.1, -0.05) is 30.8 Å². The maximum absolute atomic E-state index is 11.8. The molecule has 2 aromatic carbocycles. The lowest BCUT2D eigenvalue weighted by Crippen LogP contribution is -2.30. The number of hydrogen-bond acceptors (Lipinski definition) is 5. The minimum Gasteiger partial charge on any atom is -0.496 e. The number of ether oxygens (including phenoxy) is 3. The molecule has 0 heterocycles. The zero-order chi connectivity index (χ0) is 16.7. The second kappa shape index (κ2) is 7.84. The molecule has 0 fully saturated rings. The number of nitrogens with one attached hydrogen (secondary N) is 1. The summed E-state index contributed by atoms with van der Waals surface area (Å²) in [5, 5.41) is 4.11. The summed E-state index contributed by atoms with van der Waals surface area (Å²) >= 11 is 0. The van der Waals surface area contributed by atoms with Gasteiger partial charge in [0.2, 0.25) is 0 Å². The van der Waals surface area contributed by atoms with Gasteiger partial charge < -0.3 is 19.5 Å². The summed E-state index contributed by atoms with van der Waals surface area (Å²) in [5.74, 6) is 0.577. The fourth-order valence-corrected chi connectivity index (χ4v) is 2.01. The number of amides is 1. The Morgan fingerprint density at radius 1 is 1.13 bits per heavy atom. The molecule has 2 aromatic rings. The first kappa shape index (κ1) is 16.4. The molecule has 0 aromatic heterocycles. The number of methoxy groups -OCH3 is 1. The second-order valence-electron chi connectivity index (χ2n) is 4.50. The molecule has 120 valence electrons. The maximum Gasteiger partial charge on any atom is 0.412 e. The SMILES string of the molecule is C=CC(=O)OCCNC(=O)Oc1ccc(OC)c2ccccc12. The highest BCUT2D eigenvalue weighted by Gasteiger charge is 2.10. The van der Waals surface area contributed by atoms with E-state index < -0.39 is 12.1 Å². The van der Waals surface area contributed by atoms with Gasteiger partial charge in [0, 0.05) is 16.8 Å². The summed E-state index contributed by atoms with van der Waals surface area (Å²) in [6.45, 7) is 3.47. The van der Waals surface area contributed by atoms with Crippen molar-refractivity contribution in [3.63, 3.8) is 0 Å². The highest BCUT2D eigenvalue weighted by atomic mass is 16.6. The van der Waals surface area contributed by atoms with E-state index in [1.165, 1.54) is 0 Å². The number of fused-ring (bicyclic) bond motifs is 1. The van der Waals surface area contributed by atoms with Crippen LogP contribution in [0.25, 0.3) is 10.8 Å². The van der Waals surface area contributed by atoms with Crippen LogP contribution < -0.4 is 14.8 Å². The average Bonchev–Trinajstić information content (AvgIpc) is 2.58. The Morgan fingerprint density at radius 3 is 2.43 bits per heavy atom. The van der Waals surface area contributed by atoms with Crippen molar-refractivity contribution in [2.75, 3.05) is 20.3 Å². The topological polar surface area (TPSA) is 73.9 Å². The third-order valence-corrected chi connectivity index (χ3v) is 3.05. The molecule has 0 saturated heterocycles. The Hall–Kier alpha value is -3.02. The Morgan fingerprint density at radius 2 is 1.78 bits per heavy atom. The van der Waals surface area contributed by atoms with Gasteiger partial charge in [0.1, 0.15) is 18.1 Å². The monoisotopic (exact) mass is 315 g/mol. The van der Waals surface area contributed by atoms with Gasteiger partial charge in [-0.05, 0) is 12.1 Å². The third-order valence-electron chi connectivity index (χ3n) is 3.05. The fraction of sp³-hybridized carbons (Fsp3) is 0.176. The second-order valence-corrected chi connectivity index (χ2v) is 4.50. The minimum absolute atomic E-state index is 0.0450. The Labute approximate surface area is 133 Å². The molecule has 6 nitrogen and oxygen atoms in total. The maximum atomic E-state index is 11.8. The van der Waals surface area contributed by atoms with Gasteiger partial charge in [-0.25, -0.2) is 9.59 Å². The molecular formula is C17H17NO5. The molecule has 0 bridgehead atoms. The van der Waals surface area contributed by atoms with E-state index >= 15 is 0 Å². The number of esters is 1. The van der Waals surface area contributed by atoms with Crippen molar-refractivity contribution in [3.8, 4) is 11.5 Å². The number of benzene rings is 2. The minimum atomic E-state index is -0.630. The molecule has 0 saturated carbocycles. The van der Waals surface area contributed by atoms with E-state index in [4.69, 9.17) is 14.2 Å². The number of carbonyl (C=O) groups is 2. The van der Waals surface area contributed by atoms with Crippen LogP contribution in [0.2, 0.25) is 0 Å². The predicted molar refractivity (Wildman–Crippen MR) is 85.7 cm³/mol. The highest BCUT2D eigenvalue weighted by molar-refractivity contribution is 5.94. The Kier molecular flexibility index (Phi) is 5.57. The third kappa shape index (κ3) is 4.23. The van der Waals surface area contributed by atoms with Crippen molar-refractivity contribution in [1.82, 2.24) is 5.32 Å². The molecular weight excluding hydrogens is 298 g/mol. The molecule has 0 atom stereocenters. The van der Waals surface area contributed by atoms with Gasteiger partial charge in [-0.3, -0.25) is 0 Å². The first-order chi connectivity index (χ1) is 11.2. The molecule has 0 unspecified atom stereocenters. The molecule has 6 heteroatoms. The lowest BCUT2D eigenvalue weighted by molar-refractivity contribution is -0.137. The summed E-state index contributed by atoms with van der Waals surface area (Å²) in [6.07, 6.45) is 0.428. The molecule has 0 radical (unpaired) electrons. The highest BCUT2D eigenvalue weighted by Crippen LogP contribution is 2.32. The number of hydrogen-bond donors (Lipinski definition) is 1. The van der Waals surface area contributed by atoms with Crippen molar-refractivity contribution < 1.29 is 23.8 Å². The summed E-state index contributed by atoms with van der Waals surface area (Å²) in [4.78, 5) is 22.7. The van der Waals surface area contributed by atoms with Crippen LogP contribution in [0.3, 0.4) is 0 Å². The van der Waals surface area contributed by atoms with Gasteiger partial charge in [0.15, 0.2) is 0 Å². The molecule has 0 aliphatic heterocycles. The normalized spacial score (nSPS) is 9.96. The smallest absolute Gasteiger partial charge is 0.412 e. The fourth-order valence-electron chi connectivity index (χ4n) is 2.01.